The van der Waals surface area contributed by atoms with Crippen LogP contribution >= 0.6 is 11.3 Å². The summed E-state index contributed by atoms with van der Waals surface area (Å²) in [5.74, 6) is 1.55. The van der Waals surface area contributed by atoms with Gasteiger partial charge in [0.1, 0.15) is 11.6 Å². The lowest BCUT2D eigenvalue weighted by atomic mass is 10.3. The molecule has 0 radical (unpaired) electrons. The lowest BCUT2D eigenvalue weighted by molar-refractivity contribution is 0.0906. The zero-order chi connectivity index (χ0) is 12.4. The van der Waals surface area contributed by atoms with Gasteiger partial charge in [0.15, 0.2) is 22.6 Å². The van der Waals surface area contributed by atoms with Crippen molar-refractivity contribution >= 4 is 11.3 Å². The Kier molecular flexibility index (Phi) is 3.12. The fourth-order valence-corrected chi connectivity index (χ4v) is 2.63. The number of para-hydroxylation sites is 2. The van der Waals surface area contributed by atoms with Crippen LogP contribution < -0.4 is 14.8 Å². The highest BCUT2D eigenvalue weighted by Gasteiger charge is 2.25. The predicted molar refractivity (Wildman–Crippen MR) is 68.0 cm³/mol. The lowest BCUT2D eigenvalue weighted by Crippen LogP contribution is -2.21. The summed E-state index contributed by atoms with van der Waals surface area (Å²) in [4.78, 5) is 0. The van der Waals surface area contributed by atoms with E-state index in [0.717, 1.165) is 28.1 Å². The summed E-state index contributed by atoms with van der Waals surface area (Å²) >= 11 is 1.55. The van der Waals surface area contributed by atoms with E-state index in [9.17, 15) is 0 Å². The van der Waals surface area contributed by atoms with Gasteiger partial charge in [-0.3, -0.25) is 0 Å². The summed E-state index contributed by atoms with van der Waals surface area (Å²) < 4.78 is 11.5. The first-order chi connectivity index (χ1) is 8.86. The number of nitrogens with one attached hydrogen (secondary N) is 1. The number of hydrogen-bond donors (Lipinski definition) is 1. The molecule has 0 amide bonds. The average molecular weight is 263 g/mol. The van der Waals surface area contributed by atoms with Crippen molar-refractivity contribution < 1.29 is 9.47 Å². The van der Waals surface area contributed by atoms with Crippen LogP contribution in [-0.4, -0.2) is 23.9 Å². The molecule has 1 aromatic heterocycles. The molecule has 1 aliphatic rings. The Labute approximate surface area is 109 Å². The number of fused-ring (bicyclic) bond motifs is 1. The Morgan fingerprint density at radius 1 is 1.33 bits per heavy atom. The highest BCUT2D eigenvalue weighted by atomic mass is 32.1. The van der Waals surface area contributed by atoms with E-state index in [2.05, 4.69) is 15.5 Å². The van der Waals surface area contributed by atoms with E-state index in [4.69, 9.17) is 9.47 Å². The monoisotopic (exact) mass is 263 g/mol. The van der Waals surface area contributed by atoms with Crippen molar-refractivity contribution in [1.82, 2.24) is 15.5 Å². The van der Waals surface area contributed by atoms with E-state index in [-0.39, 0.29) is 6.10 Å². The van der Waals surface area contributed by atoms with Crippen LogP contribution in [0.2, 0.25) is 0 Å². The number of ether oxygens (including phenoxy) is 2. The second-order valence-electron chi connectivity index (χ2n) is 3.93. The number of benzene rings is 1. The van der Waals surface area contributed by atoms with Gasteiger partial charge in [0.25, 0.3) is 0 Å². The summed E-state index contributed by atoms with van der Waals surface area (Å²) in [6.45, 7) is 1.20. The Morgan fingerprint density at radius 3 is 3.00 bits per heavy atom. The maximum absolute atomic E-state index is 5.87. The Hall–Kier alpha value is -1.66. The molecule has 1 unspecified atom stereocenters. The molecule has 0 fully saturated rings. The van der Waals surface area contributed by atoms with Crippen LogP contribution in [0.4, 0.5) is 0 Å². The molecule has 18 heavy (non-hydrogen) atoms. The van der Waals surface area contributed by atoms with E-state index in [1.807, 2.05) is 31.3 Å². The van der Waals surface area contributed by atoms with Crippen molar-refractivity contribution in [2.75, 3.05) is 13.7 Å². The van der Waals surface area contributed by atoms with Gasteiger partial charge in [0.2, 0.25) is 0 Å². The predicted octanol–water partition coefficient (Wildman–Crippen LogP) is 1.77. The van der Waals surface area contributed by atoms with Crippen LogP contribution in [0.5, 0.6) is 11.5 Å². The first kappa shape index (κ1) is 11.4. The molecule has 3 rings (SSSR count). The minimum absolute atomic E-state index is 0.164. The van der Waals surface area contributed by atoms with Gasteiger partial charge in [0.05, 0.1) is 0 Å². The van der Waals surface area contributed by atoms with E-state index in [0.29, 0.717) is 6.61 Å². The maximum Gasteiger partial charge on any atom is 0.186 e. The SMILES string of the molecule is CNCc1nnc(C2COc3ccccc3O2)s1. The maximum atomic E-state index is 5.87. The fraction of sp³-hybridized carbons (Fsp3) is 0.333. The largest absolute Gasteiger partial charge is 0.485 e. The molecule has 94 valence electrons. The average Bonchev–Trinajstić information content (AvgIpc) is 2.87. The number of nitrogens with zero attached hydrogens (tertiary/aromatic N) is 2. The number of hydrogen-bond acceptors (Lipinski definition) is 6. The first-order valence-electron chi connectivity index (χ1n) is 5.72. The molecule has 0 aliphatic carbocycles. The molecule has 1 N–H and O–H groups in total. The van der Waals surface area contributed by atoms with E-state index in [1.165, 1.54) is 0 Å². The van der Waals surface area contributed by atoms with Gasteiger partial charge in [-0.15, -0.1) is 10.2 Å². The Morgan fingerprint density at radius 2 is 2.17 bits per heavy atom. The van der Waals surface area contributed by atoms with Crippen LogP contribution in [0.15, 0.2) is 24.3 Å². The topological polar surface area (TPSA) is 56.3 Å². The summed E-state index contributed by atoms with van der Waals surface area (Å²) in [5.41, 5.74) is 0. The fourth-order valence-electron chi connectivity index (χ4n) is 1.76. The highest BCUT2D eigenvalue weighted by molar-refractivity contribution is 7.11. The van der Waals surface area contributed by atoms with Crippen molar-refractivity contribution in [3.63, 3.8) is 0 Å². The second-order valence-corrected chi connectivity index (χ2v) is 5.02. The van der Waals surface area contributed by atoms with Crippen LogP contribution in [0, 0.1) is 0 Å². The lowest BCUT2D eigenvalue weighted by Gasteiger charge is -2.24. The molecule has 6 heteroatoms. The minimum atomic E-state index is -0.164. The standard InChI is InChI=1S/C12H13N3O2S/c1-13-6-11-14-15-12(18-11)10-7-16-8-4-2-3-5-9(8)17-10/h2-5,10,13H,6-7H2,1H3. The van der Waals surface area contributed by atoms with Crippen molar-refractivity contribution in [2.45, 2.75) is 12.6 Å². The number of rotatable bonds is 3. The van der Waals surface area contributed by atoms with Gasteiger partial charge >= 0.3 is 0 Å². The summed E-state index contributed by atoms with van der Waals surface area (Å²) in [7, 11) is 1.89. The van der Waals surface area contributed by atoms with E-state index < -0.39 is 0 Å². The van der Waals surface area contributed by atoms with Crippen LogP contribution in [0.25, 0.3) is 0 Å². The molecular formula is C12H13N3O2S. The molecule has 2 heterocycles. The molecule has 0 spiro atoms. The van der Waals surface area contributed by atoms with Gasteiger partial charge in [0, 0.05) is 6.54 Å². The van der Waals surface area contributed by atoms with Crippen LogP contribution in [-0.2, 0) is 6.54 Å². The Bertz CT molecular complexity index is 544. The van der Waals surface area contributed by atoms with Crippen molar-refractivity contribution in [3.8, 4) is 11.5 Å². The van der Waals surface area contributed by atoms with Crippen molar-refractivity contribution in [2.24, 2.45) is 0 Å². The van der Waals surface area contributed by atoms with Crippen LogP contribution in [0.3, 0.4) is 0 Å². The van der Waals surface area contributed by atoms with Crippen molar-refractivity contribution in [1.29, 1.82) is 0 Å². The Balaban J connectivity index is 1.78. The molecule has 1 aromatic carbocycles. The van der Waals surface area contributed by atoms with E-state index in [1.54, 1.807) is 11.3 Å². The van der Waals surface area contributed by atoms with Crippen LogP contribution in [0.1, 0.15) is 16.1 Å². The molecule has 1 atom stereocenters. The zero-order valence-corrected chi connectivity index (χ0v) is 10.7. The van der Waals surface area contributed by atoms with Gasteiger partial charge in [-0.1, -0.05) is 23.5 Å². The molecule has 5 nitrogen and oxygen atoms in total. The second kappa shape index (κ2) is 4.91. The smallest absolute Gasteiger partial charge is 0.186 e. The quantitative estimate of drug-likeness (QED) is 0.914. The minimum Gasteiger partial charge on any atom is -0.485 e. The van der Waals surface area contributed by atoms with Gasteiger partial charge in [-0.25, -0.2) is 0 Å². The molecule has 0 saturated carbocycles. The third kappa shape index (κ3) is 2.16. The highest BCUT2D eigenvalue weighted by Crippen LogP contribution is 2.36. The van der Waals surface area contributed by atoms with Gasteiger partial charge in [-0.2, -0.15) is 0 Å². The van der Waals surface area contributed by atoms with Crippen molar-refractivity contribution in [3.05, 3.63) is 34.3 Å². The normalized spacial score (nSPS) is 17.7. The summed E-state index contributed by atoms with van der Waals surface area (Å²) in [5, 5.41) is 13.1. The van der Waals surface area contributed by atoms with E-state index >= 15 is 0 Å². The number of aromatic nitrogens is 2. The third-order valence-corrected chi connectivity index (χ3v) is 3.61. The molecular weight excluding hydrogens is 250 g/mol. The summed E-state index contributed by atoms with van der Waals surface area (Å²) in [6, 6.07) is 7.66. The third-order valence-electron chi connectivity index (χ3n) is 2.59. The molecule has 2 aromatic rings. The molecule has 0 saturated heterocycles. The first-order valence-corrected chi connectivity index (χ1v) is 6.54. The van der Waals surface area contributed by atoms with Gasteiger partial charge in [-0.05, 0) is 19.2 Å². The summed E-state index contributed by atoms with van der Waals surface area (Å²) in [6.07, 6.45) is -0.164. The van der Waals surface area contributed by atoms with Gasteiger partial charge < -0.3 is 14.8 Å². The molecule has 1 aliphatic heterocycles. The zero-order valence-electron chi connectivity index (χ0n) is 9.92. The molecule has 0 bridgehead atoms.